The molecule has 1 heterocycles. The lowest BCUT2D eigenvalue weighted by atomic mass is 10.1. The van der Waals surface area contributed by atoms with E-state index in [4.69, 9.17) is 10.8 Å². The number of benzene rings is 3. The van der Waals surface area contributed by atoms with Crippen molar-refractivity contribution in [2.75, 3.05) is 27.9 Å². The summed E-state index contributed by atoms with van der Waals surface area (Å²) >= 11 is 0. The van der Waals surface area contributed by atoms with Gasteiger partial charge in [0.1, 0.15) is 12.0 Å². The molecule has 4 rings (SSSR count). The first-order valence-corrected chi connectivity index (χ1v) is 10.8. The fourth-order valence-corrected chi connectivity index (χ4v) is 3.57. The molecule has 0 spiro atoms. The van der Waals surface area contributed by atoms with Gasteiger partial charge in [-0.25, -0.2) is 14.8 Å². The minimum atomic E-state index is -1.03. The van der Waals surface area contributed by atoms with Gasteiger partial charge in [0.15, 0.2) is 11.6 Å². The highest BCUT2D eigenvalue weighted by Gasteiger charge is 2.17. The summed E-state index contributed by atoms with van der Waals surface area (Å²) < 4.78 is 0. The zero-order chi connectivity index (χ0) is 23.9. The maximum absolute atomic E-state index is 11.2. The minimum Gasteiger partial charge on any atom is -0.465 e. The molecule has 0 bridgehead atoms. The van der Waals surface area contributed by atoms with E-state index in [1.54, 1.807) is 24.3 Å². The Balaban J connectivity index is 1.61. The number of carbonyl (C=O) groups is 1. The second kappa shape index (κ2) is 10.4. The van der Waals surface area contributed by atoms with Crippen molar-refractivity contribution < 1.29 is 9.90 Å². The first-order chi connectivity index (χ1) is 16.5. The summed E-state index contributed by atoms with van der Waals surface area (Å²) in [6.07, 6.45) is 0.464. The second-order valence-electron chi connectivity index (χ2n) is 7.80. The zero-order valence-electron chi connectivity index (χ0n) is 18.8. The summed E-state index contributed by atoms with van der Waals surface area (Å²) in [5.74, 6) is 1.11. The highest BCUT2D eigenvalue weighted by atomic mass is 16.4. The highest BCUT2D eigenvalue weighted by molar-refractivity contribution is 5.86. The molecule has 0 atom stereocenters. The van der Waals surface area contributed by atoms with Crippen molar-refractivity contribution in [3.8, 4) is 0 Å². The van der Waals surface area contributed by atoms with E-state index in [2.05, 4.69) is 44.5 Å². The van der Waals surface area contributed by atoms with E-state index in [0.717, 1.165) is 21.7 Å². The number of nitrogens with one attached hydrogen (secondary N) is 1. The van der Waals surface area contributed by atoms with Crippen LogP contribution in [0.2, 0.25) is 0 Å². The van der Waals surface area contributed by atoms with Crippen molar-refractivity contribution in [1.82, 2.24) is 9.97 Å². The molecule has 0 radical (unpaired) electrons. The van der Waals surface area contributed by atoms with Gasteiger partial charge < -0.3 is 21.1 Å². The average molecular weight is 455 g/mol. The molecule has 0 fully saturated rings. The Kier molecular flexibility index (Phi) is 6.88. The van der Waals surface area contributed by atoms with Crippen LogP contribution in [0.1, 0.15) is 11.1 Å². The Bertz CT molecular complexity index is 1190. The molecule has 4 N–H and O–H groups in total. The monoisotopic (exact) mass is 454 g/mol. The smallest absolute Gasteiger partial charge is 0.411 e. The molecule has 4 aromatic rings. The van der Waals surface area contributed by atoms with Gasteiger partial charge in [0.25, 0.3) is 0 Å². The number of rotatable bonds is 8. The van der Waals surface area contributed by atoms with Crippen LogP contribution in [0.3, 0.4) is 0 Å². The van der Waals surface area contributed by atoms with E-state index in [9.17, 15) is 4.79 Å². The quantitative estimate of drug-likeness (QED) is 0.339. The number of nitrogens with two attached hydrogens (primary N) is 1. The fraction of sp³-hybridized carbons (Fsp3) is 0.115. The van der Waals surface area contributed by atoms with Gasteiger partial charge in [-0.05, 0) is 35.4 Å². The minimum absolute atomic E-state index is 0.432. The number of aromatic nitrogens is 2. The Morgan fingerprint density at radius 2 is 1.44 bits per heavy atom. The first kappa shape index (κ1) is 22.6. The highest BCUT2D eigenvalue weighted by Crippen LogP contribution is 2.31. The molecule has 1 amide bonds. The standard InChI is InChI=1S/C26H26N6O2/c1-31(26(33)34)22-14-12-21(13-15-22)30-24-23(27)25(29-18-28-24)32(16-19-8-4-2-5-9-19)17-20-10-6-3-7-11-20/h2-15,18H,16-17,27H2,1H3,(H,33,34)(H,28,29,30). The summed E-state index contributed by atoms with van der Waals surface area (Å²) in [6, 6.07) is 27.3. The maximum atomic E-state index is 11.2. The van der Waals surface area contributed by atoms with Crippen LogP contribution in [0.4, 0.5) is 33.5 Å². The van der Waals surface area contributed by atoms with Gasteiger partial charge in [0.2, 0.25) is 0 Å². The van der Waals surface area contributed by atoms with Crippen LogP contribution in [-0.4, -0.2) is 28.2 Å². The van der Waals surface area contributed by atoms with Crippen molar-refractivity contribution in [3.63, 3.8) is 0 Å². The molecule has 3 aromatic carbocycles. The van der Waals surface area contributed by atoms with Gasteiger partial charge in [0, 0.05) is 31.5 Å². The van der Waals surface area contributed by atoms with Gasteiger partial charge in [-0.15, -0.1) is 0 Å². The fourth-order valence-electron chi connectivity index (χ4n) is 3.57. The van der Waals surface area contributed by atoms with Crippen LogP contribution in [0.15, 0.2) is 91.3 Å². The van der Waals surface area contributed by atoms with Crippen LogP contribution >= 0.6 is 0 Å². The van der Waals surface area contributed by atoms with Gasteiger partial charge in [-0.2, -0.15) is 0 Å². The summed E-state index contributed by atoms with van der Waals surface area (Å²) in [6.45, 7) is 1.26. The molecule has 0 aliphatic rings. The van der Waals surface area contributed by atoms with Gasteiger partial charge in [-0.1, -0.05) is 60.7 Å². The lowest BCUT2D eigenvalue weighted by Crippen LogP contribution is -2.25. The van der Waals surface area contributed by atoms with Gasteiger partial charge in [0.05, 0.1) is 0 Å². The van der Waals surface area contributed by atoms with Crippen molar-refractivity contribution in [1.29, 1.82) is 0 Å². The Morgan fingerprint density at radius 3 is 1.97 bits per heavy atom. The Morgan fingerprint density at radius 1 is 0.882 bits per heavy atom. The maximum Gasteiger partial charge on any atom is 0.411 e. The van der Waals surface area contributed by atoms with Crippen LogP contribution in [0.5, 0.6) is 0 Å². The molecule has 1 aromatic heterocycles. The normalized spacial score (nSPS) is 10.5. The zero-order valence-corrected chi connectivity index (χ0v) is 18.8. The Labute approximate surface area is 198 Å². The molecule has 34 heavy (non-hydrogen) atoms. The topological polar surface area (TPSA) is 108 Å². The molecule has 0 saturated heterocycles. The van der Waals surface area contributed by atoms with Crippen molar-refractivity contribution in [2.45, 2.75) is 13.1 Å². The van der Waals surface area contributed by atoms with Crippen molar-refractivity contribution in [2.24, 2.45) is 0 Å². The third kappa shape index (κ3) is 5.42. The summed E-state index contributed by atoms with van der Waals surface area (Å²) in [7, 11) is 1.49. The Hall–Kier alpha value is -4.59. The number of carboxylic acid groups (broad SMARTS) is 1. The molecule has 0 saturated carbocycles. The predicted molar refractivity (Wildman–Crippen MR) is 135 cm³/mol. The molecule has 172 valence electrons. The number of nitrogens with zero attached hydrogens (tertiary/aromatic N) is 4. The molecular formula is C26H26N6O2. The second-order valence-corrected chi connectivity index (χ2v) is 7.80. The van der Waals surface area contributed by atoms with Crippen LogP contribution in [-0.2, 0) is 13.1 Å². The van der Waals surface area contributed by atoms with E-state index in [1.165, 1.54) is 13.4 Å². The number of anilines is 5. The van der Waals surface area contributed by atoms with E-state index in [-0.39, 0.29) is 0 Å². The first-order valence-electron chi connectivity index (χ1n) is 10.8. The largest absolute Gasteiger partial charge is 0.465 e. The summed E-state index contributed by atoms with van der Waals surface area (Å²) in [4.78, 5) is 23.3. The average Bonchev–Trinajstić information content (AvgIpc) is 2.86. The van der Waals surface area contributed by atoms with Crippen molar-refractivity contribution in [3.05, 3.63) is 102 Å². The number of amides is 1. The molecular weight excluding hydrogens is 428 g/mol. The molecule has 0 aliphatic carbocycles. The lowest BCUT2D eigenvalue weighted by molar-refractivity contribution is 0.203. The van der Waals surface area contributed by atoms with Crippen LogP contribution < -0.4 is 20.9 Å². The van der Waals surface area contributed by atoms with Crippen LogP contribution in [0.25, 0.3) is 0 Å². The molecule has 0 aliphatic heterocycles. The van der Waals surface area contributed by atoms with E-state index in [0.29, 0.717) is 36.1 Å². The summed E-state index contributed by atoms with van der Waals surface area (Å²) in [5.41, 5.74) is 10.6. The van der Waals surface area contributed by atoms with Crippen molar-refractivity contribution >= 4 is 34.8 Å². The number of hydrogen-bond acceptors (Lipinski definition) is 6. The van der Waals surface area contributed by atoms with Crippen LogP contribution in [0, 0.1) is 0 Å². The van der Waals surface area contributed by atoms with E-state index in [1.807, 2.05) is 36.4 Å². The molecule has 8 nitrogen and oxygen atoms in total. The SMILES string of the molecule is CN(C(=O)O)c1ccc(Nc2ncnc(N(Cc3ccccc3)Cc3ccccc3)c2N)cc1. The third-order valence-electron chi connectivity index (χ3n) is 5.40. The lowest BCUT2D eigenvalue weighted by Gasteiger charge is -2.26. The molecule has 8 heteroatoms. The molecule has 0 unspecified atom stereocenters. The predicted octanol–water partition coefficient (Wildman–Crippen LogP) is 5.12. The van der Waals surface area contributed by atoms with E-state index >= 15 is 0 Å². The van der Waals surface area contributed by atoms with E-state index < -0.39 is 6.09 Å². The number of nitrogen functional groups attached to an aromatic ring is 1. The van der Waals surface area contributed by atoms with Gasteiger partial charge in [-0.3, -0.25) is 4.90 Å². The summed E-state index contributed by atoms with van der Waals surface area (Å²) in [5, 5.41) is 12.4. The third-order valence-corrected chi connectivity index (χ3v) is 5.40. The van der Waals surface area contributed by atoms with Gasteiger partial charge >= 0.3 is 6.09 Å². The number of hydrogen-bond donors (Lipinski definition) is 3.